The quantitative estimate of drug-likeness (QED) is 0.637. The number of ether oxygens (including phenoxy) is 1. The second-order valence-electron chi connectivity index (χ2n) is 5.34. The van der Waals surface area contributed by atoms with Gasteiger partial charge in [-0.1, -0.05) is 12.1 Å². The van der Waals surface area contributed by atoms with Crippen molar-refractivity contribution in [2.75, 3.05) is 18.5 Å². The summed E-state index contributed by atoms with van der Waals surface area (Å²) < 4.78 is 10.4. The van der Waals surface area contributed by atoms with Crippen LogP contribution in [0.3, 0.4) is 0 Å². The summed E-state index contributed by atoms with van der Waals surface area (Å²) in [6.45, 7) is 2.30. The highest BCUT2D eigenvalue weighted by molar-refractivity contribution is 9.10. The first-order chi connectivity index (χ1) is 12.5. The molecule has 0 aliphatic heterocycles. The highest BCUT2D eigenvalue weighted by atomic mass is 79.9. The zero-order valence-corrected chi connectivity index (χ0v) is 15.8. The Morgan fingerprint density at radius 3 is 2.46 bits per heavy atom. The molecule has 0 radical (unpaired) electrons. The van der Waals surface area contributed by atoms with Crippen LogP contribution in [0, 0.1) is 0 Å². The standard InChI is InChI=1S/C18H19BrN2O5/c1-2-25-17(23)9-10-20-16(22)11-12-3-5-13(6-4-12)21-18(24)14-7-8-15(19)26-14/h3-8H,2,9-11H2,1H3,(H,20,22)(H,21,24). The first-order valence-corrected chi connectivity index (χ1v) is 8.85. The van der Waals surface area contributed by atoms with Gasteiger partial charge in [-0.25, -0.2) is 0 Å². The van der Waals surface area contributed by atoms with Crippen molar-refractivity contribution >= 4 is 39.4 Å². The van der Waals surface area contributed by atoms with Crippen molar-refractivity contribution in [1.29, 1.82) is 0 Å². The predicted molar refractivity (Wildman–Crippen MR) is 98.8 cm³/mol. The number of anilines is 1. The molecular weight excluding hydrogens is 404 g/mol. The first-order valence-electron chi connectivity index (χ1n) is 8.06. The van der Waals surface area contributed by atoms with E-state index in [1.54, 1.807) is 43.3 Å². The minimum atomic E-state index is -0.361. The average molecular weight is 423 g/mol. The minimum absolute atomic E-state index is 0.146. The maximum atomic E-state index is 12.0. The Bertz CT molecular complexity index is 770. The van der Waals surface area contributed by atoms with Gasteiger partial charge in [0, 0.05) is 12.2 Å². The van der Waals surface area contributed by atoms with E-state index < -0.39 is 0 Å². The molecule has 2 aromatic rings. The van der Waals surface area contributed by atoms with Gasteiger partial charge in [-0.3, -0.25) is 14.4 Å². The minimum Gasteiger partial charge on any atom is -0.466 e. The fourth-order valence-electron chi connectivity index (χ4n) is 2.12. The van der Waals surface area contributed by atoms with Gasteiger partial charge in [0.15, 0.2) is 10.4 Å². The summed E-state index contributed by atoms with van der Waals surface area (Å²) in [5.74, 6) is -0.690. The molecule has 1 heterocycles. The molecule has 0 saturated heterocycles. The Hall–Kier alpha value is -2.61. The third-order valence-corrected chi connectivity index (χ3v) is 3.76. The molecule has 1 aromatic heterocycles. The predicted octanol–water partition coefficient (Wildman–Crippen LogP) is 2.91. The number of carbonyl (C=O) groups excluding carboxylic acids is 3. The molecule has 2 amide bonds. The molecule has 0 aliphatic carbocycles. The molecule has 1 aromatic carbocycles. The topological polar surface area (TPSA) is 97.6 Å². The molecule has 7 nitrogen and oxygen atoms in total. The van der Waals surface area contributed by atoms with Crippen molar-refractivity contribution in [2.24, 2.45) is 0 Å². The third kappa shape index (κ3) is 6.36. The highest BCUT2D eigenvalue weighted by Gasteiger charge is 2.11. The van der Waals surface area contributed by atoms with Gasteiger partial charge in [-0.15, -0.1) is 0 Å². The van der Waals surface area contributed by atoms with Crippen molar-refractivity contribution in [3.63, 3.8) is 0 Å². The van der Waals surface area contributed by atoms with Crippen LogP contribution in [0.2, 0.25) is 0 Å². The van der Waals surface area contributed by atoms with Gasteiger partial charge < -0.3 is 19.8 Å². The Morgan fingerprint density at radius 2 is 1.85 bits per heavy atom. The van der Waals surface area contributed by atoms with Gasteiger partial charge in [0.1, 0.15) is 0 Å². The van der Waals surface area contributed by atoms with E-state index in [9.17, 15) is 14.4 Å². The van der Waals surface area contributed by atoms with Gasteiger partial charge >= 0.3 is 5.97 Å². The molecule has 26 heavy (non-hydrogen) atoms. The van der Waals surface area contributed by atoms with E-state index in [1.165, 1.54) is 0 Å². The van der Waals surface area contributed by atoms with Crippen LogP contribution in [0.1, 0.15) is 29.5 Å². The molecule has 0 aliphatic rings. The van der Waals surface area contributed by atoms with Gasteiger partial charge in [-0.05, 0) is 52.7 Å². The van der Waals surface area contributed by atoms with Crippen molar-refractivity contribution in [1.82, 2.24) is 5.32 Å². The largest absolute Gasteiger partial charge is 0.466 e. The summed E-state index contributed by atoms with van der Waals surface area (Å²) >= 11 is 3.14. The molecule has 2 N–H and O–H groups in total. The van der Waals surface area contributed by atoms with Crippen LogP contribution < -0.4 is 10.6 Å². The number of hydrogen-bond acceptors (Lipinski definition) is 5. The Balaban J connectivity index is 1.78. The lowest BCUT2D eigenvalue weighted by atomic mass is 10.1. The number of furan rings is 1. The number of halogens is 1. The summed E-state index contributed by atoms with van der Waals surface area (Å²) in [6.07, 6.45) is 0.329. The molecule has 0 saturated carbocycles. The summed E-state index contributed by atoms with van der Waals surface area (Å²) in [5, 5.41) is 5.37. The lowest BCUT2D eigenvalue weighted by Gasteiger charge is -2.07. The van der Waals surface area contributed by atoms with Crippen LogP contribution >= 0.6 is 15.9 Å². The average Bonchev–Trinajstić information content (AvgIpc) is 3.03. The number of esters is 1. The first kappa shape index (κ1) is 19.7. The second kappa shape index (κ2) is 9.76. The van der Waals surface area contributed by atoms with Gasteiger partial charge in [0.05, 0.1) is 19.4 Å². The lowest BCUT2D eigenvalue weighted by Crippen LogP contribution is -2.27. The molecule has 2 rings (SSSR count). The maximum Gasteiger partial charge on any atom is 0.307 e. The van der Waals surface area contributed by atoms with Crippen LogP contribution in [-0.4, -0.2) is 30.9 Å². The molecule has 0 unspecified atom stereocenters. The Morgan fingerprint density at radius 1 is 1.12 bits per heavy atom. The van der Waals surface area contributed by atoms with Crippen LogP contribution in [0.4, 0.5) is 5.69 Å². The SMILES string of the molecule is CCOC(=O)CCNC(=O)Cc1ccc(NC(=O)c2ccc(Br)o2)cc1. The zero-order valence-electron chi connectivity index (χ0n) is 14.2. The molecule has 8 heteroatoms. The number of benzene rings is 1. The summed E-state index contributed by atoms with van der Waals surface area (Å²) in [6, 6.07) is 10.1. The molecular formula is C18H19BrN2O5. The number of hydrogen-bond donors (Lipinski definition) is 2. The van der Waals surface area contributed by atoms with E-state index in [1.807, 2.05) is 0 Å². The monoisotopic (exact) mass is 422 g/mol. The second-order valence-corrected chi connectivity index (χ2v) is 6.12. The van der Waals surface area contributed by atoms with E-state index in [0.29, 0.717) is 17.0 Å². The fourth-order valence-corrected chi connectivity index (χ4v) is 2.43. The maximum absolute atomic E-state index is 12.0. The number of carbonyl (C=O) groups is 3. The van der Waals surface area contributed by atoms with Crippen LogP contribution in [0.15, 0.2) is 45.5 Å². The van der Waals surface area contributed by atoms with E-state index in [2.05, 4.69) is 26.6 Å². The number of rotatable bonds is 8. The van der Waals surface area contributed by atoms with Crippen LogP contribution in [0.5, 0.6) is 0 Å². The molecule has 138 valence electrons. The van der Waals surface area contributed by atoms with Gasteiger partial charge in [0.25, 0.3) is 5.91 Å². The molecule has 0 atom stereocenters. The number of nitrogens with one attached hydrogen (secondary N) is 2. The van der Waals surface area contributed by atoms with Crippen molar-refractivity contribution in [3.8, 4) is 0 Å². The van der Waals surface area contributed by atoms with Gasteiger partial charge in [-0.2, -0.15) is 0 Å². The van der Waals surface area contributed by atoms with E-state index in [-0.39, 0.29) is 42.9 Å². The lowest BCUT2D eigenvalue weighted by molar-refractivity contribution is -0.143. The van der Waals surface area contributed by atoms with E-state index in [4.69, 9.17) is 9.15 Å². The van der Waals surface area contributed by atoms with Crippen molar-refractivity contribution in [3.05, 3.63) is 52.4 Å². The van der Waals surface area contributed by atoms with Crippen LogP contribution in [0.25, 0.3) is 0 Å². The smallest absolute Gasteiger partial charge is 0.307 e. The van der Waals surface area contributed by atoms with E-state index >= 15 is 0 Å². The number of amides is 2. The van der Waals surface area contributed by atoms with Crippen LogP contribution in [-0.2, 0) is 20.7 Å². The zero-order chi connectivity index (χ0) is 18.9. The molecule has 0 bridgehead atoms. The highest BCUT2D eigenvalue weighted by Crippen LogP contribution is 2.16. The Labute approximate surface area is 159 Å². The Kier molecular flexibility index (Phi) is 7.40. The van der Waals surface area contributed by atoms with Gasteiger partial charge in [0.2, 0.25) is 5.91 Å². The molecule has 0 fully saturated rings. The fraction of sp³-hybridized carbons (Fsp3) is 0.278. The normalized spacial score (nSPS) is 10.2. The summed E-state index contributed by atoms with van der Waals surface area (Å²) in [7, 11) is 0. The summed E-state index contributed by atoms with van der Waals surface area (Å²) in [5.41, 5.74) is 1.38. The van der Waals surface area contributed by atoms with E-state index in [0.717, 1.165) is 5.56 Å². The van der Waals surface area contributed by atoms with Crippen molar-refractivity contribution < 1.29 is 23.5 Å². The van der Waals surface area contributed by atoms with Crippen molar-refractivity contribution in [2.45, 2.75) is 19.8 Å². The summed E-state index contributed by atoms with van der Waals surface area (Å²) in [4.78, 5) is 35.0. The third-order valence-electron chi connectivity index (χ3n) is 3.33. The molecule has 0 spiro atoms.